The Morgan fingerprint density at radius 2 is 1.78 bits per heavy atom. The first-order valence-corrected chi connectivity index (χ1v) is 15.0. The van der Waals surface area contributed by atoms with E-state index in [4.69, 9.17) is 13.9 Å². The Morgan fingerprint density at radius 3 is 2.38 bits per heavy atom. The molecule has 1 fully saturated rings. The number of methoxy groups -OCH3 is 2. The van der Waals surface area contributed by atoms with E-state index in [9.17, 15) is 5.11 Å². The normalized spacial score (nSPS) is 31.7. The minimum absolute atomic E-state index is 0.183. The van der Waals surface area contributed by atoms with Crippen molar-refractivity contribution >= 4 is 8.32 Å². The summed E-state index contributed by atoms with van der Waals surface area (Å²) < 4.78 is 18.1. The van der Waals surface area contributed by atoms with Crippen LogP contribution in [0.3, 0.4) is 0 Å². The lowest BCUT2D eigenvalue weighted by Gasteiger charge is -2.55. The highest BCUT2D eigenvalue weighted by Gasteiger charge is 2.53. The first-order valence-electron chi connectivity index (χ1n) is 12.1. The molecule has 0 aliphatic heterocycles. The summed E-state index contributed by atoms with van der Waals surface area (Å²) in [4.78, 5) is 0. The van der Waals surface area contributed by atoms with E-state index in [0.717, 1.165) is 30.6 Å². The van der Waals surface area contributed by atoms with Crippen LogP contribution in [0, 0.1) is 23.2 Å². The van der Waals surface area contributed by atoms with Gasteiger partial charge in [-0.2, -0.15) is 0 Å². The van der Waals surface area contributed by atoms with Gasteiger partial charge in [0.25, 0.3) is 0 Å². The average Bonchev–Trinajstić information content (AvgIpc) is 2.74. The molecular formula is C27H44O4Si. The summed E-state index contributed by atoms with van der Waals surface area (Å²) in [6, 6.07) is 5.71. The van der Waals surface area contributed by atoms with E-state index in [-0.39, 0.29) is 22.5 Å². The van der Waals surface area contributed by atoms with E-state index < -0.39 is 14.4 Å². The van der Waals surface area contributed by atoms with Gasteiger partial charge in [-0.1, -0.05) is 53.2 Å². The summed E-state index contributed by atoms with van der Waals surface area (Å²) in [5.41, 5.74) is 0.483. The van der Waals surface area contributed by atoms with Gasteiger partial charge in [0.2, 0.25) is 0 Å². The third-order valence-corrected chi connectivity index (χ3v) is 13.4. The molecule has 6 atom stereocenters. The molecular weight excluding hydrogens is 416 g/mol. The molecule has 32 heavy (non-hydrogen) atoms. The van der Waals surface area contributed by atoms with E-state index in [2.05, 4.69) is 59.9 Å². The van der Waals surface area contributed by atoms with Gasteiger partial charge in [-0.25, -0.2) is 0 Å². The molecule has 1 saturated carbocycles. The second-order valence-corrected chi connectivity index (χ2v) is 16.3. The van der Waals surface area contributed by atoms with Gasteiger partial charge in [0.1, 0.15) is 11.5 Å². The van der Waals surface area contributed by atoms with Gasteiger partial charge < -0.3 is 19.0 Å². The monoisotopic (exact) mass is 460 g/mol. The number of fused-ring (bicyclic) bond motifs is 1. The van der Waals surface area contributed by atoms with E-state index in [0.29, 0.717) is 17.6 Å². The highest BCUT2D eigenvalue weighted by atomic mass is 28.4. The molecule has 0 aromatic heterocycles. The Morgan fingerprint density at radius 1 is 1.09 bits per heavy atom. The number of hydrogen-bond acceptors (Lipinski definition) is 4. The largest absolute Gasteiger partial charge is 0.497 e. The summed E-state index contributed by atoms with van der Waals surface area (Å²) >= 11 is 0. The van der Waals surface area contributed by atoms with Crippen LogP contribution in [0.15, 0.2) is 30.4 Å². The van der Waals surface area contributed by atoms with Crippen LogP contribution in [0.1, 0.15) is 65.5 Å². The van der Waals surface area contributed by atoms with Crippen LogP contribution in [0.4, 0.5) is 0 Å². The summed E-state index contributed by atoms with van der Waals surface area (Å²) in [6.07, 6.45) is 7.60. The highest BCUT2D eigenvalue weighted by molar-refractivity contribution is 6.74. The van der Waals surface area contributed by atoms with Crippen molar-refractivity contribution in [3.05, 3.63) is 35.9 Å². The fraction of sp³-hybridized carbons (Fsp3) is 0.704. The molecule has 2 aliphatic rings. The van der Waals surface area contributed by atoms with E-state index >= 15 is 0 Å². The molecule has 1 aromatic rings. The highest BCUT2D eigenvalue weighted by Crippen LogP contribution is 2.58. The Bertz CT molecular complexity index is 827. The van der Waals surface area contributed by atoms with Gasteiger partial charge >= 0.3 is 0 Å². The lowest BCUT2D eigenvalue weighted by molar-refractivity contribution is -0.0916. The van der Waals surface area contributed by atoms with Gasteiger partial charge in [-0.15, -0.1) is 0 Å². The van der Waals surface area contributed by atoms with E-state index in [1.807, 2.05) is 18.2 Å². The topological polar surface area (TPSA) is 47.9 Å². The number of hydrogen-bond donors (Lipinski definition) is 1. The predicted octanol–water partition coefficient (Wildman–Crippen LogP) is 6.76. The Hall–Kier alpha value is -1.30. The second kappa shape index (κ2) is 9.15. The molecule has 0 bridgehead atoms. The molecule has 1 aromatic carbocycles. The second-order valence-electron chi connectivity index (χ2n) is 11.6. The van der Waals surface area contributed by atoms with Crippen molar-refractivity contribution in [2.75, 3.05) is 14.2 Å². The quantitative estimate of drug-likeness (QED) is 0.376. The van der Waals surface area contributed by atoms with Crippen molar-refractivity contribution < 1.29 is 19.0 Å². The first kappa shape index (κ1) is 25.3. The maximum atomic E-state index is 11.9. The molecule has 5 heteroatoms. The standard InChI is InChI=1S/C27H44O4Si/c1-18-13-15-20-22(11-10-12-24(20)31-32(8,9)26(2,3)4)27(18,5)25(28)21-17-19(29-6)14-16-23(21)30-7/h13-18,20,22,24-25,28H,10-12H2,1-9H3/t18-,20+,22-,24-,25?,27-/m1/s1. The van der Waals surface area contributed by atoms with Crippen molar-refractivity contribution in [2.45, 2.75) is 84.2 Å². The van der Waals surface area contributed by atoms with Crippen LogP contribution in [0.25, 0.3) is 0 Å². The zero-order chi connectivity index (χ0) is 23.9. The maximum Gasteiger partial charge on any atom is 0.192 e. The number of allylic oxidation sites excluding steroid dienone is 1. The molecule has 4 nitrogen and oxygen atoms in total. The summed E-state index contributed by atoms with van der Waals surface area (Å²) in [5, 5.41) is 12.1. The Kier molecular flexibility index (Phi) is 7.24. The molecule has 0 saturated heterocycles. The van der Waals surface area contributed by atoms with Crippen molar-refractivity contribution in [2.24, 2.45) is 23.2 Å². The molecule has 1 unspecified atom stereocenters. The van der Waals surface area contributed by atoms with Gasteiger partial charge in [0.15, 0.2) is 8.32 Å². The van der Waals surface area contributed by atoms with Crippen molar-refractivity contribution in [3.8, 4) is 11.5 Å². The number of benzene rings is 1. The molecule has 0 heterocycles. The third-order valence-electron chi connectivity index (χ3n) is 8.87. The van der Waals surface area contributed by atoms with Crippen LogP contribution in [-0.2, 0) is 4.43 Å². The van der Waals surface area contributed by atoms with Crippen molar-refractivity contribution in [1.82, 2.24) is 0 Å². The SMILES string of the molecule is COc1ccc(OC)c(C(O)[C@]2(C)[C@H](C)C=C[C@H]3[C@H]2CCC[C@H]3O[Si](C)(C)C(C)(C)C)c1. The third kappa shape index (κ3) is 4.40. The number of aliphatic hydroxyl groups is 1. The molecule has 1 N–H and O–H groups in total. The van der Waals surface area contributed by atoms with Gasteiger partial charge in [0.05, 0.1) is 26.4 Å². The fourth-order valence-electron chi connectivity index (χ4n) is 5.54. The van der Waals surface area contributed by atoms with Crippen molar-refractivity contribution in [1.29, 1.82) is 0 Å². The number of aliphatic hydroxyl groups excluding tert-OH is 1. The van der Waals surface area contributed by atoms with E-state index in [1.165, 1.54) is 0 Å². The average molecular weight is 461 g/mol. The fourth-order valence-corrected chi connectivity index (χ4v) is 6.92. The summed E-state index contributed by atoms with van der Waals surface area (Å²) in [7, 11) is 1.44. The lowest BCUT2D eigenvalue weighted by Crippen LogP contribution is -2.53. The molecule has 3 rings (SSSR count). The van der Waals surface area contributed by atoms with Crippen LogP contribution < -0.4 is 9.47 Å². The zero-order valence-corrected chi connectivity index (χ0v) is 22.6. The molecule has 0 spiro atoms. The molecule has 2 aliphatic carbocycles. The molecule has 0 radical (unpaired) electrons. The zero-order valence-electron chi connectivity index (χ0n) is 21.6. The molecule has 180 valence electrons. The minimum Gasteiger partial charge on any atom is -0.497 e. The Balaban J connectivity index is 1.98. The minimum atomic E-state index is -1.88. The number of rotatable bonds is 6. The van der Waals surface area contributed by atoms with Crippen LogP contribution in [0.5, 0.6) is 11.5 Å². The Labute approximate surface area is 196 Å². The predicted molar refractivity (Wildman–Crippen MR) is 134 cm³/mol. The van der Waals surface area contributed by atoms with Gasteiger partial charge in [-0.05, 0) is 61.0 Å². The number of ether oxygens (including phenoxy) is 2. The van der Waals surface area contributed by atoms with Gasteiger partial charge in [0, 0.05) is 16.9 Å². The first-order chi connectivity index (χ1) is 14.9. The van der Waals surface area contributed by atoms with Crippen LogP contribution in [-0.4, -0.2) is 33.7 Å². The van der Waals surface area contributed by atoms with Crippen LogP contribution >= 0.6 is 0 Å². The molecule has 0 amide bonds. The van der Waals surface area contributed by atoms with Gasteiger partial charge in [-0.3, -0.25) is 0 Å². The smallest absolute Gasteiger partial charge is 0.192 e. The van der Waals surface area contributed by atoms with E-state index in [1.54, 1.807) is 14.2 Å². The van der Waals surface area contributed by atoms with Crippen molar-refractivity contribution in [3.63, 3.8) is 0 Å². The lowest BCUT2D eigenvalue weighted by atomic mass is 9.53. The van der Waals surface area contributed by atoms with Crippen LogP contribution in [0.2, 0.25) is 18.1 Å². The summed E-state index contributed by atoms with van der Waals surface area (Å²) in [6.45, 7) is 16.1. The maximum absolute atomic E-state index is 11.9. The summed E-state index contributed by atoms with van der Waals surface area (Å²) in [5.74, 6) is 2.35.